The van der Waals surface area contributed by atoms with Gasteiger partial charge in [-0.1, -0.05) is 18.2 Å². The molecule has 0 aliphatic carbocycles. The van der Waals surface area contributed by atoms with Gasteiger partial charge in [-0.2, -0.15) is 20.1 Å². The third kappa shape index (κ3) is 2.15. The molecule has 0 fully saturated rings. The molecule has 0 amide bonds. The molecule has 0 atom stereocenters. The Morgan fingerprint density at radius 2 is 1.89 bits per heavy atom. The highest BCUT2D eigenvalue weighted by Crippen LogP contribution is 2.05. The van der Waals surface area contributed by atoms with Crippen LogP contribution in [0.4, 0.5) is 0 Å². The lowest BCUT2D eigenvalue weighted by atomic mass is 10.3. The summed E-state index contributed by atoms with van der Waals surface area (Å²) in [5.74, 6) is 0. The minimum atomic E-state index is 0.640. The molecule has 3 aromatic rings. The highest BCUT2D eigenvalue weighted by molar-refractivity contribution is 5.28. The van der Waals surface area contributed by atoms with Gasteiger partial charge < -0.3 is 0 Å². The predicted octanol–water partition coefficient (Wildman–Crippen LogP) is 1.82. The van der Waals surface area contributed by atoms with Crippen molar-refractivity contribution in [1.29, 1.82) is 0 Å². The van der Waals surface area contributed by atoms with Crippen molar-refractivity contribution in [2.24, 2.45) is 0 Å². The lowest BCUT2D eigenvalue weighted by Gasteiger charge is -1.98. The predicted molar refractivity (Wildman–Crippen MR) is 67.4 cm³/mol. The van der Waals surface area contributed by atoms with Gasteiger partial charge in [-0.3, -0.25) is 4.68 Å². The van der Waals surface area contributed by atoms with Crippen LogP contribution in [0, 0.1) is 6.92 Å². The Morgan fingerprint density at radius 3 is 2.61 bits per heavy atom. The van der Waals surface area contributed by atoms with Crippen LogP contribution in [0.2, 0.25) is 0 Å². The van der Waals surface area contributed by atoms with Crippen LogP contribution in [0.1, 0.15) is 11.3 Å². The van der Waals surface area contributed by atoms with Gasteiger partial charge in [0.2, 0.25) is 0 Å². The largest absolute Gasteiger partial charge is 0.266 e. The van der Waals surface area contributed by atoms with E-state index < -0.39 is 0 Å². The lowest BCUT2D eigenvalue weighted by molar-refractivity contribution is 0.656. The molecule has 2 aromatic heterocycles. The number of para-hydroxylation sites is 1. The number of aromatic nitrogens is 5. The highest BCUT2D eigenvalue weighted by atomic mass is 15.5. The van der Waals surface area contributed by atoms with E-state index in [0.717, 1.165) is 16.9 Å². The molecule has 0 saturated heterocycles. The molecular weight excluding hydrogens is 226 g/mol. The molecular formula is C13H13N5. The van der Waals surface area contributed by atoms with Crippen LogP contribution in [0.3, 0.4) is 0 Å². The summed E-state index contributed by atoms with van der Waals surface area (Å²) >= 11 is 0. The van der Waals surface area contributed by atoms with Crippen LogP contribution in [0.5, 0.6) is 0 Å². The van der Waals surface area contributed by atoms with E-state index in [0.29, 0.717) is 6.54 Å². The first kappa shape index (κ1) is 10.7. The summed E-state index contributed by atoms with van der Waals surface area (Å²) in [4.78, 5) is 1.63. The number of benzene rings is 1. The normalized spacial score (nSPS) is 10.7. The molecule has 0 saturated carbocycles. The first-order chi connectivity index (χ1) is 8.81. The van der Waals surface area contributed by atoms with Gasteiger partial charge in [0.1, 0.15) is 5.69 Å². The Labute approximate surface area is 105 Å². The van der Waals surface area contributed by atoms with Crippen LogP contribution >= 0.6 is 0 Å². The summed E-state index contributed by atoms with van der Waals surface area (Å²) in [7, 11) is 0. The van der Waals surface area contributed by atoms with Crippen molar-refractivity contribution in [3.05, 3.63) is 60.2 Å². The van der Waals surface area contributed by atoms with E-state index in [1.54, 1.807) is 11.0 Å². The minimum Gasteiger partial charge on any atom is -0.266 e. The summed E-state index contributed by atoms with van der Waals surface area (Å²) in [6.07, 6.45) is 5.59. The van der Waals surface area contributed by atoms with E-state index in [2.05, 4.69) is 15.3 Å². The molecule has 5 heteroatoms. The third-order valence-corrected chi connectivity index (χ3v) is 2.61. The van der Waals surface area contributed by atoms with Crippen LogP contribution in [-0.4, -0.2) is 24.8 Å². The Balaban J connectivity index is 1.82. The topological polar surface area (TPSA) is 48.5 Å². The number of rotatable bonds is 3. The van der Waals surface area contributed by atoms with Crippen molar-refractivity contribution in [3.63, 3.8) is 0 Å². The van der Waals surface area contributed by atoms with Gasteiger partial charge in [-0.05, 0) is 24.6 Å². The quantitative estimate of drug-likeness (QED) is 0.700. The molecule has 2 heterocycles. The van der Waals surface area contributed by atoms with E-state index in [1.165, 1.54) is 0 Å². The molecule has 0 radical (unpaired) electrons. The maximum atomic E-state index is 4.43. The van der Waals surface area contributed by atoms with Crippen LogP contribution < -0.4 is 0 Å². The summed E-state index contributed by atoms with van der Waals surface area (Å²) in [6, 6.07) is 9.86. The van der Waals surface area contributed by atoms with Gasteiger partial charge in [0.15, 0.2) is 0 Å². The van der Waals surface area contributed by atoms with Crippen molar-refractivity contribution in [2.75, 3.05) is 0 Å². The molecule has 1 aromatic carbocycles. The Kier molecular flexibility index (Phi) is 2.64. The summed E-state index contributed by atoms with van der Waals surface area (Å²) in [6.45, 7) is 2.66. The third-order valence-electron chi connectivity index (χ3n) is 2.61. The zero-order valence-corrected chi connectivity index (χ0v) is 10.1. The van der Waals surface area contributed by atoms with E-state index in [9.17, 15) is 0 Å². The lowest BCUT2D eigenvalue weighted by Crippen LogP contribution is -2.02. The second-order valence-corrected chi connectivity index (χ2v) is 4.18. The minimum absolute atomic E-state index is 0.640. The molecule has 0 aliphatic rings. The fourth-order valence-electron chi connectivity index (χ4n) is 1.77. The zero-order chi connectivity index (χ0) is 12.4. The summed E-state index contributed by atoms with van der Waals surface area (Å²) < 4.78 is 1.86. The fourth-order valence-corrected chi connectivity index (χ4v) is 1.77. The van der Waals surface area contributed by atoms with E-state index >= 15 is 0 Å². The van der Waals surface area contributed by atoms with Gasteiger partial charge in [0.25, 0.3) is 0 Å². The molecule has 5 nitrogen and oxygen atoms in total. The Bertz CT molecular complexity index is 638. The molecule has 0 aliphatic heterocycles. The van der Waals surface area contributed by atoms with Crippen molar-refractivity contribution >= 4 is 0 Å². The molecule has 18 heavy (non-hydrogen) atoms. The summed E-state index contributed by atoms with van der Waals surface area (Å²) in [5.41, 5.74) is 2.99. The van der Waals surface area contributed by atoms with Crippen molar-refractivity contribution < 1.29 is 0 Å². The number of nitrogens with zero attached hydrogens (tertiary/aromatic N) is 5. The van der Waals surface area contributed by atoms with Crippen LogP contribution in [0.15, 0.2) is 48.9 Å². The zero-order valence-electron chi connectivity index (χ0n) is 10.1. The van der Waals surface area contributed by atoms with Crippen molar-refractivity contribution in [1.82, 2.24) is 24.8 Å². The first-order valence-corrected chi connectivity index (χ1v) is 5.77. The molecule has 90 valence electrons. The maximum absolute atomic E-state index is 4.43. The molecule has 0 bridgehead atoms. The maximum Gasteiger partial charge on any atom is 0.105 e. The number of aryl methyl sites for hydroxylation is 1. The average Bonchev–Trinajstić information content (AvgIpc) is 3.01. The molecule has 0 unspecified atom stereocenters. The van der Waals surface area contributed by atoms with E-state index in [1.807, 2.05) is 54.3 Å². The average molecular weight is 239 g/mol. The Hall–Kier alpha value is -2.43. The van der Waals surface area contributed by atoms with Gasteiger partial charge in [0.05, 0.1) is 24.6 Å². The number of hydrogen-bond acceptors (Lipinski definition) is 3. The van der Waals surface area contributed by atoms with Crippen LogP contribution in [0.25, 0.3) is 5.69 Å². The molecule has 0 N–H and O–H groups in total. The Morgan fingerprint density at radius 1 is 1.06 bits per heavy atom. The fraction of sp³-hybridized carbons (Fsp3) is 0.154. The first-order valence-electron chi connectivity index (χ1n) is 5.77. The van der Waals surface area contributed by atoms with Crippen molar-refractivity contribution in [3.8, 4) is 5.69 Å². The number of hydrogen-bond donors (Lipinski definition) is 0. The van der Waals surface area contributed by atoms with Gasteiger partial charge in [0, 0.05) is 6.20 Å². The molecule has 3 rings (SSSR count). The molecule has 0 spiro atoms. The SMILES string of the molecule is Cc1cnn(Cc2cnn(-c3ccccc3)n2)c1. The van der Waals surface area contributed by atoms with E-state index in [4.69, 9.17) is 0 Å². The monoisotopic (exact) mass is 239 g/mol. The van der Waals surface area contributed by atoms with Crippen LogP contribution in [-0.2, 0) is 6.54 Å². The smallest absolute Gasteiger partial charge is 0.105 e. The van der Waals surface area contributed by atoms with Gasteiger partial charge in [-0.25, -0.2) is 0 Å². The van der Waals surface area contributed by atoms with Crippen molar-refractivity contribution in [2.45, 2.75) is 13.5 Å². The highest BCUT2D eigenvalue weighted by Gasteiger charge is 2.03. The van der Waals surface area contributed by atoms with Gasteiger partial charge in [-0.15, -0.1) is 0 Å². The van der Waals surface area contributed by atoms with Gasteiger partial charge >= 0.3 is 0 Å². The standard InChI is InChI=1S/C13H13N5/c1-11-7-14-17(9-11)10-12-8-15-18(16-12)13-5-3-2-4-6-13/h2-9H,10H2,1H3. The summed E-state index contributed by atoms with van der Waals surface area (Å²) in [5, 5.41) is 12.9. The second kappa shape index (κ2) is 4.44. The van der Waals surface area contributed by atoms with E-state index in [-0.39, 0.29) is 0 Å². The second-order valence-electron chi connectivity index (χ2n) is 4.18.